The molecule has 0 amide bonds. The van der Waals surface area contributed by atoms with E-state index in [4.69, 9.17) is 24.8 Å². The van der Waals surface area contributed by atoms with Crippen LogP contribution in [0.5, 0.6) is 5.75 Å². The fourth-order valence-electron chi connectivity index (χ4n) is 3.48. The third kappa shape index (κ3) is 4.29. The first-order chi connectivity index (χ1) is 14.5. The molecule has 0 aromatic heterocycles. The van der Waals surface area contributed by atoms with Gasteiger partial charge in [-0.25, -0.2) is 0 Å². The SMILES string of the molecule is COc1ccc(P2(=S)OC(C)C(C)[O][Ge]([c]3ccccc3)([c]3ccccc3)[S]2)cc1. The van der Waals surface area contributed by atoms with Gasteiger partial charge in [-0.05, 0) is 0 Å². The van der Waals surface area contributed by atoms with Crippen molar-refractivity contribution >= 4 is 53.5 Å². The zero-order valence-electron chi connectivity index (χ0n) is 17.2. The molecule has 0 saturated carbocycles. The molecular formula is C23H25GeO3PS2. The van der Waals surface area contributed by atoms with E-state index in [1.807, 2.05) is 34.0 Å². The normalized spacial score (nSPS) is 26.0. The first-order valence-electron chi connectivity index (χ1n) is 9.89. The summed E-state index contributed by atoms with van der Waals surface area (Å²) in [7, 11) is 3.48. The van der Waals surface area contributed by atoms with Crippen LogP contribution >= 0.6 is 15.2 Å². The van der Waals surface area contributed by atoms with Crippen LogP contribution in [0.15, 0.2) is 84.9 Å². The molecule has 4 rings (SSSR count). The van der Waals surface area contributed by atoms with Crippen molar-refractivity contribution in [2.75, 3.05) is 7.11 Å². The van der Waals surface area contributed by atoms with Crippen molar-refractivity contribution in [3.8, 4) is 5.75 Å². The Hall–Kier alpha value is -1.08. The van der Waals surface area contributed by atoms with Crippen LogP contribution in [-0.4, -0.2) is 31.8 Å². The summed E-state index contributed by atoms with van der Waals surface area (Å²) in [5.41, 5.74) is -2.43. The van der Waals surface area contributed by atoms with E-state index in [0.29, 0.717) is 0 Å². The molecule has 0 aliphatic carbocycles. The minimum absolute atomic E-state index is 0.0546. The number of benzene rings is 3. The van der Waals surface area contributed by atoms with E-state index in [0.717, 1.165) is 11.1 Å². The van der Waals surface area contributed by atoms with Crippen molar-refractivity contribution in [2.24, 2.45) is 0 Å². The summed E-state index contributed by atoms with van der Waals surface area (Å²) in [6, 6.07) is 29.3. The molecule has 1 aliphatic rings. The third-order valence-electron chi connectivity index (χ3n) is 5.26. The summed E-state index contributed by atoms with van der Waals surface area (Å²) in [4.78, 5) is 0. The molecule has 7 heteroatoms. The van der Waals surface area contributed by atoms with Gasteiger partial charge in [-0.15, -0.1) is 0 Å². The van der Waals surface area contributed by atoms with E-state index in [1.165, 1.54) is 8.79 Å². The van der Waals surface area contributed by atoms with E-state index in [1.54, 1.807) is 7.11 Å². The van der Waals surface area contributed by atoms with Crippen LogP contribution in [0.2, 0.25) is 0 Å². The topological polar surface area (TPSA) is 27.7 Å². The van der Waals surface area contributed by atoms with Gasteiger partial charge in [-0.2, -0.15) is 0 Å². The molecule has 1 fully saturated rings. The van der Waals surface area contributed by atoms with Gasteiger partial charge in [0.25, 0.3) is 0 Å². The quantitative estimate of drug-likeness (QED) is 0.377. The van der Waals surface area contributed by atoms with E-state index < -0.39 is 17.9 Å². The molecule has 3 nitrogen and oxygen atoms in total. The van der Waals surface area contributed by atoms with Gasteiger partial charge in [0.2, 0.25) is 0 Å². The van der Waals surface area contributed by atoms with E-state index in [9.17, 15) is 0 Å². The Kier molecular flexibility index (Phi) is 6.78. The summed E-state index contributed by atoms with van der Waals surface area (Å²) in [6.45, 7) is 4.18. The van der Waals surface area contributed by atoms with Crippen LogP contribution in [0.3, 0.4) is 0 Å². The molecule has 0 radical (unpaired) electrons. The van der Waals surface area contributed by atoms with Gasteiger partial charge >= 0.3 is 190 Å². The zero-order chi connectivity index (χ0) is 21.2. The molecule has 0 spiro atoms. The second-order valence-corrected chi connectivity index (χ2v) is 25.4. The number of rotatable bonds is 4. The standard InChI is InChI=1S/C23H25GeO3PS2/c1-18-19(2)27-28(29,23-16-14-22(25-3)15-17-23)30-24(26-18,20-10-6-4-7-11-20)21-12-8-5-9-13-21/h4-19H,1-3H3. The fraction of sp³-hybridized carbons (Fsp3) is 0.217. The monoisotopic (exact) mass is 518 g/mol. The molecule has 3 unspecified atom stereocenters. The maximum atomic E-state index is 7.01. The zero-order valence-corrected chi connectivity index (χ0v) is 21.9. The predicted octanol–water partition coefficient (Wildman–Crippen LogP) is 4.44. The number of hydrogen-bond donors (Lipinski definition) is 0. The summed E-state index contributed by atoms with van der Waals surface area (Å²) in [5.74, 6) is 0.816. The Morgan fingerprint density at radius 2 is 1.37 bits per heavy atom. The molecule has 0 bridgehead atoms. The minimum atomic E-state index is -3.41. The fourth-order valence-corrected chi connectivity index (χ4v) is 35.7. The Bertz CT molecular complexity index is 992. The Morgan fingerprint density at radius 3 is 1.87 bits per heavy atom. The van der Waals surface area contributed by atoms with Gasteiger partial charge < -0.3 is 0 Å². The van der Waals surface area contributed by atoms with E-state index in [-0.39, 0.29) is 12.2 Å². The van der Waals surface area contributed by atoms with Gasteiger partial charge in [0.05, 0.1) is 0 Å². The predicted molar refractivity (Wildman–Crippen MR) is 134 cm³/mol. The molecule has 1 aliphatic heterocycles. The van der Waals surface area contributed by atoms with Crippen molar-refractivity contribution < 1.29 is 13.0 Å². The van der Waals surface area contributed by atoms with Gasteiger partial charge in [0, 0.05) is 0 Å². The second-order valence-electron chi connectivity index (χ2n) is 7.27. The Balaban J connectivity index is 1.91. The second kappa shape index (κ2) is 9.19. The molecule has 3 aromatic carbocycles. The number of methoxy groups -OCH3 is 1. The average Bonchev–Trinajstić information content (AvgIpc) is 2.90. The summed E-state index contributed by atoms with van der Waals surface area (Å²) in [6.07, 6.45) is -0.147. The first-order valence-corrected chi connectivity index (χ1v) is 19.6. The Morgan fingerprint density at radius 1 is 0.833 bits per heavy atom. The average molecular weight is 517 g/mol. The summed E-state index contributed by atoms with van der Waals surface area (Å²) >= 11 is 2.93. The molecule has 1 heterocycles. The molecule has 1 saturated heterocycles. The molecule has 3 atom stereocenters. The van der Waals surface area contributed by atoms with Crippen molar-refractivity contribution in [2.45, 2.75) is 26.1 Å². The number of hydrogen-bond acceptors (Lipinski definition) is 5. The maximum absolute atomic E-state index is 7.01. The van der Waals surface area contributed by atoms with Crippen LogP contribution in [0, 0.1) is 0 Å². The van der Waals surface area contributed by atoms with Gasteiger partial charge in [-0.3, -0.25) is 0 Å². The van der Waals surface area contributed by atoms with Gasteiger partial charge in [0.1, 0.15) is 0 Å². The van der Waals surface area contributed by atoms with Crippen molar-refractivity contribution in [3.05, 3.63) is 84.9 Å². The molecule has 156 valence electrons. The van der Waals surface area contributed by atoms with Crippen LogP contribution < -0.4 is 18.8 Å². The van der Waals surface area contributed by atoms with E-state index >= 15 is 0 Å². The van der Waals surface area contributed by atoms with Crippen LogP contribution in [0.4, 0.5) is 0 Å². The Labute approximate surface area is 189 Å². The third-order valence-corrected chi connectivity index (χ3v) is 32.5. The van der Waals surface area contributed by atoms with Crippen molar-refractivity contribution in [1.29, 1.82) is 0 Å². The summed E-state index contributed by atoms with van der Waals surface area (Å²) in [5, 5.41) is 1.05. The molecular weight excluding hydrogens is 492 g/mol. The van der Waals surface area contributed by atoms with Crippen molar-refractivity contribution in [3.63, 3.8) is 0 Å². The van der Waals surface area contributed by atoms with Gasteiger partial charge in [0.15, 0.2) is 0 Å². The first kappa shape index (κ1) is 22.1. The van der Waals surface area contributed by atoms with Crippen LogP contribution in [-0.2, 0) is 20.1 Å². The molecule has 3 aromatic rings. The van der Waals surface area contributed by atoms with E-state index in [2.05, 4.69) is 74.5 Å². The summed E-state index contributed by atoms with van der Waals surface area (Å²) < 4.78 is 21.5. The molecule has 30 heavy (non-hydrogen) atoms. The van der Waals surface area contributed by atoms with Crippen LogP contribution in [0.1, 0.15) is 13.8 Å². The van der Waals surface area contributed by atoms with Crippen LogP contribution in [0.25, 0.3) is 0 Å². The molecule has 0 N–H and O–H groups in total. The van der Waals surface area contributed by atoms with Crippen molar-refractivity contribution in [1.82, 2.24) is 0 Å². The van der Waals surface area contributed by atoms with Gasteiger partial charge in [-0.1, -0.05) is 0 Å². The number of ether oxygens (including phenoxy) is 1.